The Kier molecular flexibility index (Phi) is 7.45. The lowest BCUT2D eigenvalue weighted by atomic mass is 10.1. The van der Waals surface area contributed by atoms with Crippen LogP contribution in [0.4, 0.5) is 0 Å². The predicted molar refractivity (Wildman–Crippen MR) is 126 cm³/mol. The quantitative estimate of drug-likeness (QED) is 0.367. The van der Waals surface area contributed by atoms with Crippen LogP contribution in [-0.4, -0.2) is 52.7 Å². The first kappa shape index (κ1) is 22.5. The van der Waals surface area contributed by atoms with Crippen LogP contribution < -0.4 is 4.74 Å². The van der Waals surface area contributed by atoms with Crippen LogP contribution >= 0.6 is 0 Å². The number of aromatic nitrogens is 1. The van der Waals surface area contributed by atoms with E-state index >= 15 is 0 Å². The first-order chi connectivity index (χ1) is 15.0. The van der Waals surface area contributed by atoms with Gasteiger partial charge in [0.25, 0.3) is 0 Å². The molecule has 2 aromatic carbocycles. The highest BCUT2D eigenvalue weighted by atomic mass is 16.5. The van der Waals surface area contributed by atoms with Crippen molar-refractivity contribution in [2.24, 2.45) is 0 Å². The third-order valence-corrected chi connectivity index (χ3v) is 5.23. The molecular weight excluding hydrogens is 388 g/mol. The van der Waals surface area contributed by atoms with E-state index in [0.29, 0.717) is 30.9 Å². The lowest BCUT2D eigenvalue weighted by Crippen LogP contribution is -2.35. The first-order valence-electron chi connectivity index (χ1n) is 10.4. The van der Waals surface area contributed by atoms with Crippen molar-refractivity contribution in [2.45, 2.75) is 20.0 Å². The Morgan fingerprint density at radius 3 is 2.45 bits per heavy atom. The summed E-state index contributed by atoms with van der Waals surface area (Å²) in [5, 5.41) is 11.2. The van der Waals surface area contributed by atoms with Crippen LogP contribution in [0.25, 0.3) is 16.6 Å². The molecule has 0 unspecified atom stereocenters. The Balaban J connectivity index is 1.85. The van der Waals surface area contributed by atoms with Crippen molar-refractivity contribution < 1.29 is 14.6 Å². The third kappa shape index (κ3) is 5.13. The highest BCUT2D eigenvalue weighted by Crippen LogP contribution is 2.32. The first-order valence-corrected chi connectivity index (χ1v) is 10.4. The van der Waals surface area contributed by atoms with Gasteiger partial charge in [-0.15, -0.1) is 13.2 Å². The average Bonchev–Trinajstić information content (AvgIpc) is 3.04. The number of hydrogen-bond acceptors (Lipinski definition) is 4. The molecule has 0 amide bonds. The predicted octanol–water partition coefficient (Wildman–Crippen LogP) is 4.56. The van der Waals surface area contributed by atoms with Gasteiger partial charge in [0.05, 0.1) is 5.52 Å². The molecule has 0 fully saturated rings. The summed E-state index contributed by atoms with van der Waals surface area (Å²) >= 11 is 0. The number of Topliss-reactive ketones (excluding diaryl/α,β-unsaturated/α-hetero) is 1. The number of carbonyl (C=O) groups excluding carboxylic acids is 1. The molecule has 31 heavy (non-hydrogen) atoms. The molecule has 5 nitrogen and oxygen atoms in total. The Hall–Kier alpha value is -3.15. The van der Waals surface area contributed by atoms with Gasteiger partial charge in [-0.2, -0.15) is 0 Å². The standard InChI is InChI=1S/C26H30N2O3/c1-5-14-27(15-6-2)17-22(30)18-31-23-12-13-25-24(16-23)26(20(4)29)19(3)28(25)21-10-8-7-9-11-21/h5-13,16,22,30H,1-2,14-15,17-18H2,3-4H3/t22-/m0/s1. The SMILES string of the molecule is C=CCN(CC=C)C[C@H](O)COc1ccc2c(c1)c(C(C)=O)c(C)n2-c1ccccc1. The molecule has 3 rings (SSSR count). The number of benzene rings is 2. The Morgan fingerprint density at radius 2 is 1.84 bits per heavy atom. The highest BCUT2D eigenvalue weighted by Gasteiger charge is 2.19. The number of para-hydroxylation sites is 1. The van der Waals surface area contributed by atoms with Crippen LogP contribution in [0.2, 0.25) is 0 Å². The summed E-state index contributed by atoms with van der Waals surface area (Å²) in [6, 6.07) is 15.7. The summed E-state index contributed by atoms with van der Waals surface area (Å²) in [6.07, 6.45) is 2.95. The molecule has 3 aromatic rings. The molecule has 1 atom stereocenters. The van der Waals surface area contributed by atoms with Crippen molar-refractivity contribution in [1.82, 2.24) is 9.47 Å². The van der Waals surface area contributed by atoms with Gasteiger partial charge in [0.2, 0.25) is 0 Å². The van der Waals surface area contributed by atoms with Gasteiger partial charge in [-0.1, -0.05) is 30.4 Å². The van der Waals surface area contributed by atoms with E-state index in [1.807, 2.05) is 60.4 Å². The van der Waals surface area contributed by atoms with Crippen molar-refractivity contribution in [3.8, 4) is 11.4 Å². The molecule has 162 valence electrons. The third-order valence-electron chi connectivity index (χ3n) is 5.23. The zero-order chi connectivity index (χ0) is 22.4. The van der Waals surface area contributed by atoms with Crippen molar-refractivity contribution in [1.29, 1.82) is 0 Å². The lowest BCUT2D eigenvalue weighted by molar-refractivity contribution is 0.0755. The van der Waals surface area contributed by atoms with E-state index in [1.165, 1.54) is 0 Å². The molecule has 0 saturated heterocycles. The van der Waals surface area contributed by atoms with Crippen LogP contribution in [0, 0.1) is 6.92 Å². The Bertz CT molecular complexity index is 1060. The number of hydrogen-bond donors (Lipinski definition) is 1. The summed E-state index contributed by atoms with van der Waals surface area (Å²) in [5.41, 5.74) is 3.54. The molecule has 1 heterocycles. The maximum Gasteiger partial charge on any atom is 0.162 e. The summed E-state index contributed by atoms with van der Waals surface area (Å²) in [5.74, 6) is 0.636. The van der Waals surface area contributed by atoms with Gasteiger partial charge in [0.1, 0.15) is 18.5 Å². The second kappa shape index (κ2) is 10.2. The van der Waals surface area contributed by atoms with Crippen molar-refractivity contribution in [2.75, 3.05) is 26.2 Å². The molecule has 0 saturated carbocycles. The number of aliphatic hydroxyl groups excluding tert-OH is 1. The van der Waals surface area contributed by atoms with Gasteiger partial charge in [0, 0.05) is 42.0 Å². The fraction of sp³-hybridized carbons (Fsp3) is 0.269. The summed E-state index contributed by atoms with van der Waals surface area (Å²) in [6.45, 7) is 13.0. The van der Waals surface area contributed by atoms with Crippen LogP contribution in [0.1, 0.15) is 23.0 Å². The molecule has 1 aromatic heterocycles. The largest absolute Gasteiger partial charge is 0.491 e. The van der Waals surface area contributed by atoms with Gasteiger partial charge in [-0.3, -0.25) is 9.69 Å². The molecular formula is C26H30N2O3. The summed E-state index contributed by atoms with van der Waals surface area (Å²) < 4.78 is 7.96. The zero-order valence-electron chi connectivity index (χ0n) is 18.3. The normalized spacial score (nSPS) is 12.1. The maximum atomic E-state index is 12.4. The molecule has 0 aliphatic heterocycles. The van der Waals surface area contributed by atoms with Gasteiger partial charge in [-0.05, 0) is 44.2 Å². The number of carbonyl (C=O) groups is 1. The van der Waals surface area contributed by atoms with E-state index in [2.05, 4.69) is 17.7 Å². The number of nitrogens with zero attached hydrogens (tertiary/aromatic N) is 2. The molecule has 0 spiro atoms. The van der Waals surface area contributed by atoms with Gasteiger partial charge in [-0.25, -0.2) is 0 Å². The van der Waals surface area contributed by atoms with Crippen LogP contribution in [0.3, 0.4) is 0 Å². The van der Waals surface area contributed by atoms with E-state index in [-0.39, 0.29) is 12.4 Å². The van der Waals surface area contributed by atoms with Crippen LogP contribution in [0.5, 0.6) is 5.75 Å². The number of ketones is 1. The second-order valence-corrected chi connectivity index (χ2v) is 7.63. The molecule has 1 N–H and O–H groups in total. The minimum absolute atomic E-state index is 0.0128. The number of rotatable bonds is 11. The Morgan fingerprint density at radius 1 is 1.16 bits per heavy atom. The molecule has 0 radical (unpaired) electrons. The van der Waals surface area contributed by atoms with Crippen LogP contribution in [-0.2, 0) is 0 Å². The monoisotopic (exact) mass is 418 g/mol. The van der Waals surface area contributed by atoms with Crippen molar-refractivity contribution in [3.63, 3.8) is 0 Å². The molecule has 0 bridgehead atoms. The van der Waals surface area contributed by atoms with E-state index in [4.69, 9.17) is 4.74 Å². The molecule has 5 heteroatoms. The molecule has 0 aliphatic carbocycles. The smallest absolute Gasteiger partial charge is 0.162 e. The second-order valence-electron chi connectivity index (χ2n) is 7.63. The summed E-state index contributed by atoms with van der Waals surface area (Å²) in [7, 11) is 0. The van der Waals surface area contributed by atoms with Crippen molar-refractivity contribution >= 4 is 16.7 Å². The highest BCUT2D eigenvalue weighted by molar-refractivity contribution is 6.09. The van der Waals surface area contributed by atoms with Gasteiger partial charge >= 0.3 is 0 Å². The van der Waals surface area contributed by atoms with E-state index in [9.17, 15) is 9.90 Å². The topological polar surface area (TPSA) is 54.7 Å². The maximum absolute atomic E-state index is 12.4. The van der Waals surface area contributed by atoms with Gasteiger partial charge in [0.15, 0.2) is 5.78 Å². The van der Waals surface area contributed by atoms with E-state index in [0.717, 1.165) is 22.3 Å². The van der Waals surface area contributed by atoms with E-state index in [1.54, 1.807) is 19.1 Å². The average molecular weight is 419 g/mol. The van der Waals surface area contributed by atoms with E-state index < -0.39 is 6.10 Å². The fourth-order valence-corrected chi connectivity index (χ4v) is 3.97. The number of fused-ring (bicyclic) bond motifs is 1. The van der Waals surface area contributed by atoms with Crippen molar-refractivity contribution in [3.05, 3.63) is 85.1 Å². The fourth-order valence-electron chi connectivity index (χ4n) is 3.97. The zero-order valence-corrected chi connectivity index (χ0v) is 18.3. The Labute approximate surface area is 183 Å². The minimum atomic E-state index is -0.654. The summed E-state index contributed by atoms with van der Waals surface area (Å²) in [4.78, 5) is 14.5. The lowest BCUT2D eigenvalue weighted by Gasteiger charge is -2.22. The van der Waals surface area contributed by atoms with Gasteiger partial charge < -0.3 is 14.4 Å². The minimum Gasteiger partial charge on any atom is -0.491 e. The number of aliphatic hydroxyl groups is 1. The molecule has 0 aliphatic rings. The number of ether oxygens (including phenoxy) is 1. The van der Waals surface area contributed by atoms with Crippen LogP contribution in [0.15, 0.2) is 73.8 Å².